The van der Waals surface area contributed by atoms with E-state index in [2.05, 4.69) is 26.2 Å². The molecular formula is C16H17BrN2O2. The molecule has 21 heavy (non-hydrogen) atoms. The minimum Gasteiger partial charge on any atom is -0.497 e. The molecule has 1 aliphatic rings. The highest BCUT2D eigenvalue weighted by atomic mass is 79.9. The number of benzene rings is 1. The highest BCUT2D eigenvalue weighted by molar-refractivity contribution is 9.10. The Morgan fingerprint density at radius 1 is 1.24 bits per heavy atom. The first-order chi connectivity index (χ1) is 10.2. The largest absolute Gasteiger partial charge is 0.497 e. The molecule has 1 heterocycles. The molecular weight excluding hydrogens is 332 g/mol. The van der Waals surface area contributed by atoms with E-state index in [4.69, 9.17) is 9.47 Å². The van der Waals surface area contributed by atoms with Crippen molar-refractivity contribution in [3.05, 3.63) is 46.7 Å². The average molecular weight is 349 g/mol. The number of halogens is 1. The lowest BCUT2D eigenvalue weighted by molar-refractivity contribution is 0.412. The Hall–Kier alpha value is -1.59. The molecule has 0 spiro atoms. The molecule has 3 rings (SSSR count). The third-order valence-corrected chi connectivity index (χ3v) is 3.93. The van der Waals surface area contributed by atoms with Gasteiger partial charge in [0.15, 0.2) is 0 Å². The molecule has 5 heteroatoms. The van der Waals surface area contributed by atoms with Gasteiger partial charge in [0.1, 0.15) is 17.2 Å². The summed E-state index contributed by atoms with van der Waals surface area (Å²) in [6, 6.07) is 8.31. The fourth-order valence-electron chi connectivity index (χ4n) is 1.98. The number of rotatable bonds is 6. The summed E-state index contributed by atoms with van der Waals surface area (Å²) in [7, 11) is 1.64. The molecule has 1 aromatic heterocycles. The van der Waals surface area contributed by atoms with E-state index in [-0.39, 0.29) is 0 Å². The van der Waals surface area contributed by atoms with E-state index in [1.165, 1.54) is 12.8 Å². The highest BCUT2D eigenvalue weighted by Gasteiger charge is 2.20. The van der Waals surface area contributed by atoms with Gasteiger partial charge in [-0.3, -0.25) is 4.98 Å². The number of nitrogens with one attached hydrogen (secondary N) is 1. The van der Waals surface area contributed by atoms with Gasteiger partial charge in [-0.2, -0.15) is 0 Å². The molecule has 110 valence electrons. The fraction of sp³-hybridized carbons (Fsp3) is 0.312. The molecule has 0 unspecified atom stereocenters. The van der Waals surface area contributed by atoms with Gasteiger partial charge in [-0.25, -0.2) is 0 Å². The summed E-state index contributed by atoms with van der Waals surface area (Å²) in [5, 5.41) is 3.47. The summed E-state index contributed by atoms with van der Waals surface area (Å²) in [5.74, 6) is 2.26. The lowest BCUT2D eigenvalue weighted by Crippen LogP contribution is -2.15. The van der Waals surface area contributed by atoms with Gasteiger partial charge < -0.3 is 14.8 Å². The minimum absolute atomic E-state index is 0.685. The Morgan fingerprint density at radius 2 is 2.10 bits per heavy atom. The molecule has 2 aromatic rings. The normalized spacial score (nSPS) is 14.0. The van der Waals surface area contributed by atoms with E-state index in [1.54, 1.807) is 13.3 Å². The molecule has 1 aromatic carbocycles. The van der Waals surface area contributed by atoms with Crippen LogP contribution in [-0.4, -0.2) is 18.1 Å². The van der Waals surface area contributed by atoms with Gasteiger partial charge in [0.05, 0.1) is 17.8 Å². The first-order valence-electron chi connectivity index (χ1n) is 6.93. The van der Waals surface area contributed by atoms with Crippen LogP contribution >= 0.6 is 15.9 Å². The molecule has 0 amide bonds. The Bertz CT molecular complexity index is 629. The molecule has 0 saturated heterocycles. The molecule has 4 nitrogen and oxygen atoms in total. The van der Waals surface area contributed by atoms with E-state index in [1.807, 2.05) is 30.5 Å². The molecule has 1 saturated carbocycles. The van der Waals surface area contributed by atoms with E-state index >= 15 is 0 Å². The third kappa shape index (κ3) is 3.95. The van der Waals surface area contributed by atoms with Crippen molar-refractivity contribution in [2.24, 2.45) is 0 Å². The van der Waals surface area contributed by atoms with Crippen LogP contribution in [0.5, 0.6) is 17.2 Å². The van der Waals surface area contributed by atoms with Gasteiger partial charge in [0, 0.05) is 18.8 Å². The Labute approximate surface area is 132 Å². The first-order valence-corrected chi connectivity index (χ1v) is 7.72. The van der Waals surface area contributed by atoms with E-state index in [0.717, 1.165) is 33.8 Å². The molecule has 0 radical (unpaired) electrons. The summed E-state index contributed by atoms with van der Waals surface area (Å²) in [4.78, 5) is 4.24. The van der Waals surface area contributed by atoms with Gasteiger partial charge in [-0.15, -0.1) is 0 Å². The Balaban J connectivity index is 1.70. The standard InChI is InChI=1S/C16H17BrN2O2/c1-20-13-4-5-16(15(17)7-13)21-14-6-11(8-18-10-14)9-19-12-2-3-12/h4-8,10,12,19H,2-3,9H2,1H3. The summed E-state index contributed by atoms with van der Waals surface area (Å²) in [6.45, 7) is 0.832. The van der Waals surface area contributed by atoms with Gasteiger partial charge in [0.25, 0.3) is 0 Å². The maximum absolute atomic E-state index is 5.88. The van der Waals surface area contributed by atoms with Gasteiger partial charge >= 0.3 is 0 Å². The molecule has 1 N–H and O–H groups in total. The van der Waals surface area contributed by atoms with Crippen LogP contribution in [0.25, 0.3) is 0 Å². The van der Waals surface area contributed by atoms with Crippen molar-refractivity contribution in [2.75, 3.05) is 7.11 Å². The van der Waals surface area contributed by atoms with Crippen molar-refractivity contribution in [2.45, 2.75) is 25.4 Å². The summed E-state index contributed by atoms with van der Waals surface area (Å²) in [5.41, 5.74) is 1.13. The molecule has 1 aliphatic carbocycles. The van der Waals surface area contributed by atoms with E-state index in [0.29, 0.717) is 6.04 Å². The second-order valence-electron chi connectivity index (χ2n) is 5.08. The van der Waals surface area contributed by atoms with Gasteiger partial charge in [-0.1, -0.05) is 0 Å². The van der Waals surface area contributed by atoms with Crippen LogP contribution in [0.3, 0.4) is 0 Å². The van der Waals surface area contributed by atoms with Crippen molar-refractivity contribution in [1.29, 1.82) is 0 Å². The zero-order chi connectivity index (χ0) is 14.7. The Morgan fingerprint density at radius 3 is 2.81 bits per heavy atom. The molecule has 0 aliphatic heterocycles. The smallest absolute Gasteiger partial charge is 0.146 e. The lowest BCUT2D eigenvalue weighted by atomic mass is 10.2. The first kappa shape index (κ1) is 14.4. The van der Waals surface area contributed by atoms with Crippen molar-refractivity contribution in [1.82, 2.24) is 10.3 Å². The third-order valence-electron chi connectivity index (χ3n) is 3.31. The van der Waals surface area contributed by atoms with Crippen LogP contribution < -0.4 is 14.8 Å². The van der Waals surface area contributed by atoms with Crippen LogP contribution in [0.1, 0.15) is 18.4 Å². The molecule has 1 fully saturated rings. The number of aromatic nitrogens is 1. The number of hydrogen-bond donors (Lipinski definition) is 1. The number of pyridine rings is 1. The fourth-order valence-corrected chi connectivity index (χ4v) is 2.42. The second kappa shape index (κ2) is 6.45. The van der Waals surface area contributed by atoms with Crippen LogP contribution in [-0.2, 0) is 6.54 Å². The Kier molecular flexibility index (Phi) is 4.41. The number of methoxy groups -OCH3 is 1. The highest BCUT2D eigenvalue weighted by Crippen LogP contribution is 2.32. The van der Waals surface area contributed by atoms with Crippen LogP contribution in [0.4, 0.5) is 0 Å². The van der Waals surface area contributed by atoms with Crippen LogP contribution in [0.15, 0.2) is 41.1 Å². The van der Waals surface area contributed by atoms with Crippen molar-refractivity contribution >= 4 is 15.9 Å². The number of ether oxygens (including phenoxy) is 2. The second-order valence-corrected chi connectivity index (χ2v) is 5.94. The number of nitrogens with zero attached hydrogens (tertiary/aromatic N) is 1. The van der Waals surface area contributed by atoms with Gasteiger partial charge in [0.2, 0.25) is 0 Å². The van der Waals surface area contributed by atoms with E-state index in [9.17, 15) is 0 Å². The average Bonchev–Trinajstić information content (AvgIpc) is 3.32. The topological polar surface area (TPSA) is 43.4 Å². The zero-order valence-electron chi connectivity index (χ0n) is 11.8. The van der Waals surface area contributed by atoms with Crippen molar-refractivity contribution < 1.29 is 9.47 Å². The predicted octanol–water partition coefficient (Wildman–Crippen LogP) is 3.90. The zero-order valence-corrected chi connectivity index (χ0v) is 13.4. The number of hydrogen-bond acceptors (Lipinski definition) is 4. The molecule has 0 bridgehead atoms. The molecule has 0 atom stereocenters. The van der Waals surface area contributed by atoms with E-state index < -0.39 is 0 Å². The van der Waals surface area contributed by atoms with Crippen molar-refractivity contribution in [3.8, 4) is 17.2 Å². The minimum atomic E-state index is 0.685. The lowest BCUT2D eigenvalue weighted by Gasteiger charge is -2.10. The monoisotopic (exact) mass is 348 g/mol. The van der Waals surface area contributed by atoms with Crippen LogP contribution in [0.2, 0.25) is 0 Å². The predicted molar refractivity (Wildman–Crippen MR) is 84.9 cm³/mol. The maximum Gasteiger partial charge on any atom is 0.146 e. The summed E-state index contributed by atoms with van der Waals surface area (Å²) >= 11 is 3.48. The summed E-state index contributed by atoms with van der Waals surface area (Å²) in [6.07, 6.45) is 6.15. The maximum atomic E-state index is 5.88. The summed E-state index contributed by atoms with van der Waals surface area (Å²) < 4.78 is 11.9. The quantitative estimate of drug-likeness (QED) is 0.859. The van der Waals surface area contributed by atoms with Crippen molar-refractivity contribution in [3.63, 3.8) is 0 Å². The van der Waals surface area contributed by atoms with Crippen LogP contribution in [0, 0.1) is 0 Å². The van der Waals surface area contributed by atoms with Gasteiger partial charge in [-0.05, 0) is 58.6 Å². The SMILES string of the molecule is COc1ccc(Oc2cncc(CNC3CC3)c2)c(Br)c1.